The summed E-state index contributed by atoms with van der Waals surface area (Å²) in [5.74, 6) is 1.81. The lowest BCUT2D eigenvalue weighted by Gasteiger charge is -2.27. The van der Waals surface area contributed by atoms with Gasteiger partial charge in [0.2, 0.25) is 0 Å². The highest BCUT2D eigenvalue weighted by atomic mass is 16.3. The number of benzene rings is 1. The number of nitrogens with zero attached hydrogens (tertiary/aromatic N) is 4. The first-order valence-corrected chi connectivity index (χ1v) is 10.7. The van der Waals surface area contributed by atoms with Crippen LogP contribution in [0.2, 0.25) is 0 Å². The zero-order valence-electron chi connectivity index (χ0n) is 17.5. The first-order valence-electron chi connectivity index (χ1n) is 10.7. The summed E-state index contributed by atoms with van der Waals surface area (Å²) in [6.45, 7) is 4.64. The van der Waals surface area contributed by atoms with E-state index in [-0.39, 0.29) is 18.4 Å². The Balaban J connectivity index is 1.23. The second kappa shape index (κ2) is 8.07. The van der Waals surface area contributed by atoms with Gasteiger partial charge in [-0.1, -0.05) is 19.1 Å². The molecule has 0 atom stereocenters. The van der Waals surface area contributed by atoms with E-state index in [9.17, 15) is 9.59 Å². The third-order valence-corrected chi connectivity index (χ3v) is 5.83. The number of amides is 2. The van der Waals surface area contributed by atoms with Gasteiger partial charge in [0, 0.05) is 43.4 Å². The maximum atomic E-state index is 12.6. The van der Waals surface area contributed by atoms with Crippen LogP contribution in [0.4, 0.5) is 0 Å². The van der Waals surface area contributed by atoms with Crippen LogP contribution in [0.5, 0.6) is 0 Å². The molecular formula is C24H24N4O3. The molecular weight excluding hydrogens is 392 g/mol. The summed E-state index contributed by atoms with van der Waals surface area (Å²) in [7, 11) is 0. The molecule has 0 bridgehead atoms. The monoisotopic (exact) mass is 416 g/mol. The molecule has 2 aliphatic heterocycles. The fourth-order valence-electron chi connectivity index (χ4n) is 4.25. The molecule has 7 nitrogen and oxygen atoms in total. The number of hydrogen-bond donors (Lipinski definition) is 0. The summed E-state index contributed by atoms with van der Waals surface area (Å²) in [5.41, 5.74) is 3.23. The van der Waals surface area contributed by atoms with E-state index >= 15 is 0 Å². The van der Waals surface area contributed by atoms with Crippen molar-refractivity contribution in [2.75, 3.05) is 6.54 Å². The first-order chi connectivity index (χ1) is 15.1. The molecule has 7 heteroatoms. The van der Waals surface area contributed by atoms with Crippen molar-refractivity contribution in [1.29, 1.82) is 0 Å². The standard InChI is InChI=1S/C24H24N4O3/c1-2-5-22-25-12-16-13-27(11-10-21(16)26-22)14-17-8-9-18(31-17)15-28-23(29)19-6-3-4-7-20(19)24(28)30/h3-4,6-9,12H,2,5,10-11,13-15H2,1H3. The molecule has 0 radical (unpaired) electrons. The van der Waals surface area contributed by atoms with E-state index in [2.05, 4.69) is 16.8 Å². The Kier molecular flexibility index (Phi) is 5.11. The van der Waals surface area contributed by atoms with Crippen molar-refractivity contribution in [2.24, 2.45) is 0 Å². The van der Waals surface area contributed by atoms with Gasteiger partial charge in [-0.2, -0.15) is 0 Å². The first kappa shape index (κ1) is 19.6. The number of aromatic nitrogens is 2. The smallest absolute Gasteiger partial charge is 0.261 e. The SMILES string of the molecule is CCCc1ncc2c(n1)CCN(Cc1ccc(CN3C(=O)c4ccccc4C3=O)o1)C2. The topological polar surface area (TPSA) is 79.5 Å². The zero-order valence-corrected chi connectivity index (χ0v) is 17.5. The molecule has 1 aromatic carbocycles. The highest BCUT2D eigenvalue weighted by Gasteiger charge is 2.35. The average molecular weight is 416 g/mol. The lowest BCUT2D eigenvalue weighted by atomic mass is 10.1. The Bertz CT molecular complexity index is 1120. The van der Waals surface area contributed by atoms with Crippen LogP contribution in [0.15, 0.2) is 47.0 Å². The van der Waals surface area contributed by atoms with Crippen molar-refractivity contribution >= 4 is 11.8 Å². The summed E-state index contributed by atoms with van der Waals surface area (Å²) in [5, 5.41) is 0. The largest absolute Gasteiger partial charge is 0.463 e. The summed E-state index contributed by atoms with van der Waals surface area (Å²) in [6, 6.07) is 10.7. The molecule has 3 aromatic rings. The minimum atomic E-state index is -0.270. The average Bonchev–Trinajstić information content (AvgIpc) is 3.32. The van der Waals surface area contributed by atoms with Gasteiger partial charge in [0.1, 0.15) is 17.3 Å². The Morgan fingerprint density at radius 2 is 1.71 bits per heavy atom. The predicted molar refractivity (Wildman–Crippen MR) is 113 cm³/mol. The van der Waals surface area contributed by atoms with Crippen LogP contribution in [-0.4, -0.2) is 38.1 Å². The van der Waals surface area contributed by atoms with Gasteiger partial charge in [0.15, 0.2) is 0 Å². The molecule has 0 saturated carbocycles. The van der Waals surface area contributed by atoms with Gasteiger partial charge in [0.05, 0.1) is 24.2 Å². The molecule has 2 amide bonds. The van der Waals surface area contributed by atoms with Gasteiger partial charge in [0.25, 0.3) is 11.8 Å². The molecule has 4 heterocycles. The van der Waals surface area contributed by atoms with Crippen molar-refractivity contribution in [3.8, 4) is 0 Å². The lowest BCUT2D eigenvalue weighted by Crippen LogP contribution is -2.31. The van der Waals surface area contributed by atoms with Crippen molar-refractivity contribution in [1.82, 2.24) is 19.8 Å². The van der Waals surface area contributed by atoms with Crippen LogP contribution in [0, 0.1) is 0 Å². The fourth-order valence-corrected chi connectivity index (χ4v) is 4.25. The molecule has 2 aromatic heterocycles. The van der Waals surface area contributed by atoms with E-state index < -0.39 is 0 Å². The molecule has 31 heavy (non-hydrogen) atoms. The number of aryl methyl sites for hydroxylation is 1. The number of imide groups is 1. The zero-order chi connectivity index (χ0) is 21.4. The number of furan rings is 1. The van der Waals surface area contributed by atoms with Gasteiger partial charge in [-0.05, 0) is 30.7 Å². The number of carbonyl (C=O) groups is 2. The molecule has 0 saturated heterocycles. The van der Waals surface area contributed by atoms with E-state index in [1.54, 1.807) is 24.3 Å². The lowest BCUT2D eigenvalue weighted by molar-refractivity contribution is 0.0630. The van der Waals surface area contributed by atoms with E-state index in [0.717, 1.165) is 49.6 Å². The highest BCUT2D eigenvalue weighted by molar-refractivity contribution is 6.21. The molecule has 0 spiro atoms. The normalized spacial score (nSPS) is 16.0. The van der Waals surface area contributed by atoms with Gasteiger partial charge in [-0.3, -0.25) is 19.4 Å². The van der Waals surface area contributed by atoms with Crippen LogP contribution in [0.3, 0.4) is 0 Å². The van der Waals surface area contributed by atoms with Crippen LogP contribution in [-0.2, 0) is 32.5 Å². The molecule has 0 N–H and O–H groups in total. The molecule has 0 unspecified atom stereocenters. The highest BCUT2D eigenvalue weighted by Crippen LogP contribution is 2.25. The summed E-state index contributed by atoms with van der Waals surface area (Å²) < 4.78 is 5.96. The van der Waals surface area contributed by atoms with Crippen LogP contribution in [0.25, 0.3) is 0 Å². The van der Waals surface area contributed by atoms with Crippen molar-refractivity contribution < 1.29 is 14.0 Å². The van der Waals surface area contributed by atoms with Crippen LogP contribution < -0.4 is 0 Å². The maximum Gasteiger partial charge on any atom is 0.261 e. The summed E-state index contributed by atoms with van der Waals surface area (Å²) >= 11 is 0. The maximum absolute atomic E-state index is 12.6. The van der Waals surface area contributed by atoms with Crippen LogP contribution in [0.1, 0.15) is 62.7 Å². The molecule has 0 fully saturated rings. The Hall–Kier alpha value is -3.32. The van der Waals surface area contributed by atoms with Gasteiger partial charge in [-0.15, -0.1) is 0 Å². The number of fused-ring (bicyclic) bond motifs is 2. The molecule has 0 aliphatic carbocycles. The van der Waals surface area contributed by atoms with Gasteiger partial charge in [-0.25, -0.2) is 9.97 Å². The van der Waals surface area contributed by atoms with E-state index in [4.69, 9.17) is 9.40 Å². The molecule has 5 rings (SSSR count). The quantitative estimate of drug-likeness (QED) is 0.573. The number of hydrogen-bond acceptors (Lipinski definition) is 6. The molecule has 158 valence electrons. The third-order valence-electron chi connectivity index (χ3n) is 5.83. The van der Waals surface area contributed by atoms with E-state index in [0.29, 0.717) is 23.4 Å². The minimum Gasteiger partial charge on any atom is -0.463 e. The minimum absolute atomic E-state index is 0.142. The van der Waals surface area contributed by atoms with Crippen LogP contribution >= 0.6 is 0 Å². The van der Waals surface area contributed by atoms with Gasteiger partial charge >= 0.3 is 0 Å². The molecule has 2 aliphatic rings. The fraction of sp³-hybridized carbons (Fsp3) is 0.333. The Labute approximate surface area is 180 Å². The summed E-state index contributed by atoms with van der Waals surface area (Å²) in [6.07, 6.45) is 4.82. The second-order valence-corrected chi connectivity index (χ2v) is 8.08. The summed E-state index contributed by atoms with van der Waals surface area (Å²) in [4.78, 5) is 37.9. The number of carbonyl (C=O) groups excluding carboxylic acids is 2. The van der Waals surface area contributed by atoms with E-state index in [1.165, 1.54) is 10.5 Å². The van der Waals surface area contributed by atoms with Crippen molar-refractivity contribution in [3.63, 3.8) is 0 Å². The Morgan fingerprint density at radius 1 is 1.00 bits per heavy atom. The van der Waals surface area contributed by atoms with Crippen molar-refractivity contribution in [3.05, 3.63) is 82.3 Å². The number of rotatable bonds is 6. The Morgan fingerprint density at radius 3 is 2.42 bits per heavy atom. The van der Waals surface area contributed by atoms with Crippen molar-refractivity contribution in [2.45, 2.75) is 45.8 Å². The van der Waals surface area contributed by atoms with Gasteiger partial charge < -0.3 is 4.42 Å². The second-order valence-electron chi connectivity index (χ2n) is 8.08. The predicted octanol–water partition coefficient (Wildman–Crippen LogP) is 3.38. The third kappa shape index (κ3) is 3.77. The van der Waals surface area contributed by atoms with E-state index in [1.807, 2.05) is 18.3 Å².